The minimum absolute atomic E-state index is 0.0273. The van der Waals surface area contributed by atoms with Crippen LogP contribution < -0.4 is 10.9 Å². The molecular formula is C19H14ClFN6O2. The SMILES string of the molecule is O=C(Cn1cnc2c(nnn2Cc2cccc(F)c2)c1=O)Nc1cccc(Cl)c1. The van der Waals surface area contributed by atoms with E-state index in [0.29, 0.717) is 16.3 Å². The number of rotatable bonds is 5. The molecule has 0 unspecified atom stereocenters. The van der Waals surface area contributed by atoms with E-state index in [1.165, 1.54) is 23.1 Å². The maximum Gasteiger partial charge on any atom is 0.283 e. The molecule has 0 radical (unpaired) electrons. The lowest BCUT2D eigenvalue weighted by Crippen LogP contribution is -2.28. The number of carbonyl (C=O) groups is 1. The number of nitrogens with zero attached hydrogens (tertiary/aromatic N) is 5. The standard InChI is InChI=1S/C19H14ClFN6O2/c20-13-4-2-6-15(8-13)23-16(28)10-26-11-22-18-17(19(26)29)24-25-27(18)9-12-3-1-5-14(21)7-12/h1-8,11H,9-10H2,(H,23,28). The minimum atomic E-state index is -0.498. The van der Waals surface area contributed by atoms with Gasteiger partial charge in [0.15, 0.2) is 11.2 Å². The van der Waals surface area contributed by atoms with Crippen LogP contribution in [-0.2, 0) is 17.9 Å². The van der Waals surface area contributed by atoms with Crippen molar-refractivity contribution in [1.29, 1.82) is 0 Å². The van der Waals surface area contributed by atoms with E-state index in [-0.39, 0.29) is 30.1 Å². The summed E-state index contributed by atoms with van der Waals surface area (Å²) in [6, 6.07) is 12.7. The molecule has 10 heteroatoms. The molecule has 2 aromatic heterocycles. The molecular weight excluding hydrogens is 399 g/mol. The quantitative estimate of drug-likeness (QED) is 0.543. The van der Waals surface area contributed by atoms with Crippen LogP contribution in [0.2, 0.25) is 5.02 Å². The van der Waals surface area contributed by atoms with Gasteiger partial charge in [0.25, 0.3) is 5.56 Å². The second-order valence-electron chi connectivity index (χ2n) is 6.29. The molecule has 146 valence electrons. The molecule has 1 N–H and O–H groups in total. The van der Waals surface area contributed by atoms with Crippen LogP contribution in [0.4, 0.5) is 10.1 Å². The van der Waals surface area contributed by atoms with Gasteiger partial charge in [-0.2, -0.15) is 0 Å². The highest BCUT2D eigenvalue weighted by molar-refractivity contribution is 6.30. The molecule has 0 spiro atoms. The van der Waals surface area contributed by atoms with Crippen molar-refractivity contribution >= 4 is 34.4 Å². The smallest absolute Gasteiger partial charge is 0.283 e. The Labute approximate surface area is 168 Å². The minimum Gasteiger partial charge on any atom is -0.324 e. The van der Waals surface area contributed by atoms with E-state index in [1.54, 1.807) is 36.4 Å². The first-order chi connectivity index (χ1) is 14.0. The number of hydrogen-bond acceptors (Lipinski definition) is 5. The van der Waals surface area contributed by atoms with Crippen molar-refractivity contribution in [3.63, 3.8) is 0 Å². The van der Waals surface area contributed by atoms with Crippen LogP contribution in [0, 0.1) is 5.82 Å². The molecule has 1 amide bonds. The number of halogens is 2. The molecule has 4 rings (SSSR count). The van der Waals surface area contributed by atoms with Gasteiger partial charge in [0, 0.05) is 10.7 Å². The number of nitrogens with one attached hydrogen (secondary N) is 1. The first kappa shape index (κ1) is 18.8. The topological polar surface area (TPSA) is 94.7 Å². The molecule has 29 heavy (non-hydrogen) atoms. The zero-order chi connectivity index (χ0) is 20.4. The van der Waals surface area contributed by atoms with Crippen LogP contribution in [0.15, 0.2) is 59.7 Å². The summed E-state index contributed by atoms with van der Waals surface area (Å²) in [6.45, 7) is -0.0367. The van der Waals surface area contributed by atoms with Gasteiger partial charge in [-0.15, -0.1) is 5.10 Å². The first-order valence-corrected chi connectivity index (χ1v) is 8.96. The van der Waals surface area contributed by atoms with Crippen LogP contribution in [-0.4, -0.2) is 30.5 Å². The van der Waals surface area contributed by atoms with Gasteiger partial charge in [0.05, 0.1) is 6.54 Å². The van der Waals surface area contributed by atoms with E-state index in [4.69, 9.17) is 11.6 Å². The zero-order valence-electron chi connectivity index (χ0n) is 14.9. The summed E-state index contributed by atoms with van der Waals surface area (Å²) in [5.74, 6) is -0.782. The van der Waals surface area contributed by atoms with Crippen molar-refractivity contribution in [1.82, 2.24) is 24.5 Å². The third-order valence-electron chi connectivity index (χ3n) is 4.14. The number of aromatic nitrogens is 5. The van der Waals surface area contributed by atoms with Crippen molar-refractivity contribution < 1.29 is 9.18 Å². The Morgan fingerprint density at radius 3 is 2.79 bits per heavy atom. The average molecular weight is 413 g/mol. The van der Waals surface area contributed by atoms with Gasteiger partial charge < -0.3 is 5.32 Å². The van der Waals surface area contributed by atoms with Crippen LogP contribution in [0.3, 0.4) is 0 Å². The van der Waals surface area contributed by atoms with E-state index >= 15 is 0 Å². The summed E-state index contributed by atoms with van der Waals surface area (Å²) >= 11 is 5.89. The fourth-order valence-corrected chi connectivity index (χ4v) is 3.03. The molecule has 2 heterocycles. The maximum absolute atomic E-state index is 13.4. The maximum atomic E-state index is 13.4. The van der Waals surface area contributed by atoms with Gasteiger partial charge in [-0.25, -0.2) is 14.1 Å². The van der Waals surface area contributed by atoms with E-state index in [2.05, 4.69) is 20.6 Å². The third-order valence-corrected chi connectivity index (χ3v) is 4.37. The molecule has 0 aliphatic carbocycles. The van der Waals surface area contributed by atoms with Crippen molar-refractivity contribution in [2.24, 2.45) is 0 Å². The normalized spacial score (nSPS) is 11.0. The summed E-state index contributed by atoms with van der Waals surface area (Å²) in [4.78, 5) is 29.1. The van der Waals surface area contributed by atoms with E-state index in [0.717, 1.165) is 4.57 Å². The largest absolute Gasteiger partial charge is 0.324 e. The zero-order valence-corrected chi connectivity index (χ0v) is 15.7. The Bertz CT molecular complexity index is 1270. The molecule has 4 aromatic rings. The van der Waals surface area contributed by atoms with E-state index in [9.17, 15) is 14.0 Å². The highest BCUT2D eigenvalue weighted by Gasteiger charge is 2.14. The summed E-state index contributed by atoms with van der Waals surface area (Å²) in [6.07, 6.45) is 1.26. The molecule has 0 aliphatic rings. The molecule has 0 fully saturated rings. The van der Waals surface area contributed by atoms with Crippen LogP contribution in [0.1, 0.15) is 5.56 Å². The predicted octanol–water partition coefficient (Wildman–Crippen LogP) is 2.47. The lowest BCUT2D eigenvalue weighted by Gasteiger charge is -2.07. The molecule has 0 atom stereocenters. The Kier molecular flexibility index (Phi) is 5.05. The van der Waals surface area contributed by atoms with Gasteiger partial charge >= 0.3 is 0 Å². The Balaban J connectivity index is 1.55. The van der Waals surface area contributed by atoms with Crippen LogP contribution in [0.25, 0.3) is 11.2 Å². The molecule has 0 bridgehead atoms. The molecule has 0 saturated heterocycles. The van der Waals surface area contributed by atoms with Gasteiger partial charge in [0.2, 0.25) is 5.91 Å². The molecule has 0 aliphatic heterocycles. The van der Waals surface area contributed by atoms with Gasteiger partial charge in [-0.3, -0.25) is 14.2 Å². The molecule has 0 saturated carbocycles. The number of fused-ring (bicyclic) bond motifs is 1. The van der Waals surface area contributed by atoms with Crippen molar-refractivity contribution in [3.8, 4) is 0 Å². The average Bonchev–Trinajstić information content (AvgIpc) is 3.07. The van der Waals surface area contributed by atoms with Gasteiger partial charge in [-0.05, 0) is 35.9 Å². The number of hydrogen-bond donors (Lipinski definition) is 1. The van der Waals surface area contributed by atoms with E-state index in [1.807, 2.05) is 0 Å². The number of anilines is 1. The highest BCUT2D eigenvalue weighted by Crippen LogP contribution is 2.15. The fraction of sp³-hybridized carbons (Fsp3) is 0.105. The summed E-state index contributed by atoms with van der Waals surface area (Å²) in [5, 5.41) is 11.0. The number of amides is 1. The predicted molar refractivity (Wildman–Crippen MR) is 105 cm³/mol. The summed E-state index contributed by atoms with van der Waals surface area (Å²) in [5.41, 5.74) is 0.959. The summed E-state index contributed by atoms with van der Waals surface area (Å²) < 4.78 is 15.9. The third kappa shape index (κ3) is 4.14. The number of benzene rings is 2. The second kappa shape index (κ2) is 7.80. The van der Waals surface area contributed by atoms with Crippen molar-refractivity contribution in [3.05, 3.63) is 81.6 Å². The monoisotopic (exact) mass is 412 g/mol. The van der Waals surface area contributed by atoms with Crippen molar-refractivity contribution in [2.75, 3.05) is 5.32 Å². The lowest BCUT2D eigenvalue weighted by atomic mass is 10.2. The molecule has 8 nitrogen and oxygen atoms in total. The second-order valence-corrected chi connectivity index (χ2v) is 6.72. The van der Waals surface area contributed by atoms with Crippen LogP contribution >= 0.6 is 11.6 Å². The summed E-state index contributed by atoms with van der Waals surface area (Å²) in [7, 11) is 0. The Morgan fingerprint density at radius 1 is 1.17 bits per heavy atom. The first-order valence-electron chi connectivity index (χ1n) is 8.58. The highest BCUT2D eigenvalue weighted by atomic mass is 35.5. The van der Waals surface area contributed by atoms with E-state index < -0.39 is 11.5 Å². The lowest BCUT2D eigenvalue weighted by molar-refractivity contribution is -0.116. The van der Waals surface area contributed by atoms with Crippen molar-refractivity contribution in [2.45, 2.75) is 13.1 Å². The van der Waals surface area contributed by atoms with Gasteiger partial charge in [-0.1, -0.05) is 35.0 Å². The Hall–Kier alpha value is -3.59. The van der Waals surface area contributed by atoms with Gasteiger partial charge in [0.1, 0.15) is 18.7 Å². The molecule has 2 aromatic carbocycles. The number of carbonyl (C=O) groups excluding carboxylic acids is 1. The fourth-order valence-electron chi connectivity index (χ4n) is 2.84. The van der Waals surface area contributed by atoms with Crippen LogP contribution in [0.5, 0.6) is 0 Å². The Morgan fingerprint density at radius 2 is 2.00 bits per heavy atom.